The predicted molar refractivity (Wildman–Crippen MR) is 153 cm³/mol. The number of aliphatic hydroxyl groups excluding tert-OH is 1. The van der Waals surface area contributed by atoms with Gasteiger partial charge in [0.2, 0.25) is 0 Å². The molecular weight excluding hydrogens is 531 g/mol. The van der Waals surface area contributed by atoms with Crippen LogP contribution in [-0.2, 0) is 9.59 Å². The first-order valence-electron chi connectivity index (χ1n) is 12.9. The van der Waals surface area contributed by atoms with Crippen molar-refractivity contribution in [2.45, 2.75) is 33.2 Å². The number of ether oxygens (including phenoxy) is 2. The number of methoxy groups -OCH3 is 1. The van der Waals surface area contributed by atoms with Gasteiger partial charge in [0, 0.05) is 5.56 Å². The van der Waals surface area contributed by atoms with Crippen molar-refractivity contribution in [2.75, 3.05) is 18.6 Å². The number of Topliss-reactive ketones (excluding diaryl/α,β-unsaturated/α-hetero) is 1. The second-order valence-corrected chi connectivity index (χ2v) is 11.1. The van der Waals surface area contributed by atoms with E-state index in [4.69, 9.17) is 9.47 Å². The van der Waals surface area contributed by atoms with E-state index >= 15 is 0 Å². The average molecular weight is 561 g/mol. The highest BCUT2D eigenvalue weighted by atomic mass is 32.1. The van der Waals surface area contributed by atoms with Crippen molar-refractivity contribution < 1.29 is 28.6 Å². The summed E-state index contributed by atoms with van der Waals surface area (Å²) in [5.41, 5.74) is 2.34. The van der Waals surface area contributed by atoms with E-state index in [1.807, 2.05) is 25.1 Å². The zero-order chi connectivity index (χ0) is 28.6. The Hall–Kier alpha value is -4.24. The number of nitrogens with zero attached hydrogens (tertiary/aromatic N) is 2. The number of benzene rings is 3. The van der Waals surface area contributed by atoms with Crippen LogP contribution in [0, 0.1) is 18.7 Å². The molecule has 3 aromatic carbocycles. The summed E-state index contributed by atoms with van der Waals surface area (Å²) >= 11 is 1.28. The molecule has 1 aliphatic heterocycles. The van der Waals surface area contributed by atoms with Crippen LogP contribution in [-0.4, -0.2) is 35.5 Å². The van der Waals surface area contributed by atoms with Crippen LogP contribution in [0.4, 0.5) is 9.52 Å². The summed E-state index contributed by atoms with van der Waals surface area (Å²) in [4.78, 5) is 33.0. The average Bonchev–Trinajstić information content (AvgIpc) is 3.46. The van der Waals surface area contributed by atoms with Crippen molar-refractivity contribution in [1.29, 1.82) is 0 Å². The number of halogens is 1. The molecule has 1 saturated heterocycles. The third kappa shape index (κ3) is 5.16. The Morgan fingerprint density at radius 1 is 1.07 bits per heavy atom. The standard InChI is InChI=1S/C31H29FN2O5S/c1-17(2)13-14-39-23-12-8-20(16-24(23)38-4)27-26(28(35)19-6-9-21(32)10-7-19)29(36)30(37)34(27)31-33-22-11-5-18(3)15-25(22)40-31/h5-12,15-17,27,35H,13-14H2,1-4H3/b28-26+. The first kappa shape index (κ1) is 27.3. The fourth-order valence-corrected chi connectivity index (χ4v) is 5.70. The molecule has 1 unspecified atom stereocenters. The fourth-order valence-electron chi connectivity index (χ4n) is 4.61. The lowest BCUT2D eigenvalue weighted by molar-refractivity contribution is -0.132. The molecule has 1 aliphatic rings. The van der Waals surface area contributed by atoms with Crippen molar-refractivity contribution in [3.63, 3.8) is 0 Å². The highest BCUT2D eigenvalue weighted by molar-refractivity contribution is 7.22. The van der Waals surface area contributed by atoms with Crippen LogP contribution >= 0.6 is 11.3 Å². The third-order valence-electron chi connectivity index (χ3n) is 6.76. The van der Waals surface area contributed by atoms with E-state index in [0.29, 0.717) is 40.2 Å². The zero-order valence-corrected chi connectivity index (χ0v) is 23.4. The maximum absolute atomic E-state index is 13.6. The minimum atomic E-state index is -1.01. The van der Waals surface area contributed by atoms with E-state index < -0.39 is 29.3 Å². The van der Waals surface area contributed by atoms with E-state index in [1.54, 1.807) is 18.2 Å². The molecule has 206 valence electrons. The van der Waals surface area contributed by atoms with Crippen molar-refractivity contribution in [2.24, 2.45) is 5.92 Å². The Kier molecular flexibility index (Phi) is 7.58. The predicted octanol–water partition coefficient (Wildman–Crippen LogP) is 6.80. The fraction of sp³-hybridized carbons (Fsp3) is 0.258. The Morgan fingerprint density at radius 3 is 2.52 bits per heavy atom. The van der Waals surface area contributed by atoms with Crippen LogP contribution in [0.3, 0.4) is 0 Å². The monoisotopic (exact) mass is 560 g/mol. The number of hydrogen-bond donors (Lipinski definition) is 1. The van der Waals surface area contributed by atoms with E-state index in [2.05, 4.69) is 18.8 Å². The molecule has 0 radical (unpaired) electrons. The Bertz CT molecular complexity index is 1630. The second kappa shape index (κ2) is 11.1. The van der Waals surface area contributed by atoms with Gasteiger partial charge < -0.3 is 14.6 Å². The summed E-state index contributed by atoms with van der Waals surface area (Å²) in [6.45, 7) is 6.68. The van der Waals surface area contributed by atoms with Gasteiger partial charge in [-0.1, -0.05) is 37.3 Å². The molecule has 2 heterocycles. The van der Waals surface area contributed by atoms with Gasteiger partial charge in [0.05, 0.1) is 35.5 Å². The molecule has 1 atom stereocenters. The van der Waals surface area contributed by atoms with Crippen LogP contribution in [0.15, 0.2) is 66.2 Å². The Balaban J connectivity index is 1.66. The maximum atomic E-state index is 13.6. The largest absolute Gasteiger partial charge is 0.507 e. The van der Waals surface area contributed by atoms with Gasteiger partial charge in [-0.25, -0.2) is 9.37 Å². The van der Waals surface area contributed by atoms with Crippen LogP contribution in [0.2, 0.25) is 0 Å². The van der Waals surface area contributed by atoms with Crippen molar-refractivity contribution in [1.82, 2.24) is 4.98 Å². The molecular formula is C31H29FN2O5S. The van der Waals surface area contributed by atoms with Crippen LogP contribution in [0.5, 0.6) is 11.5 Å². The number of carbonyl (C=O) groups excluding carboxylic acids is 2. The molecule has 0 aliphatic carbocycles. The summed E-state index contributed by atoms with van der Waals surface area (Å²) in [7, 11) is 1.51. The number of aliphatic hydroxyl groups is 1. The summed E-state index contributed by atoms with van der Waals surface area (Å²) in [5.74, 6) is -1.16. The number of thiazole rings is 1. The van der Waals surface area contributed by atoms with Gasteiger partial charge in [0.25, 0.3) is 5.78 Å². The number of rotatable bonds is 8. The van der Waals surface area contributed by atoms with Crippen LogP contribution in [0.25, 0.3) is 16.0 Å². The zero-order valence-electron chi connectivity index (χ0n) is 22.6. The molecule has 0 spiro atoms. The second-order valence-electron chi connectivity index (χ2n) is 10.1. The van der Waals surface area contributed by atoms with Gasteiger partial charge in [-0.05, 0) is 78.9 Å². The van der Waals surface area contributed by atoms with Crippen LogP contribution in [0.1, 0.15) is 43.0 Å². The van der Waals surface area contributed by atoms with Gasteiger partial charge >= 0.3 is 5.91 Å². The third-order valence-corrected chi connectivity index (χ3v) is 7.77. The van der Waals surface area contributed by atoms with E-state index in [9.17, 15) is 19.1 Å². The lowest BCUT2D eigenvalue weighted by atomic mass is 9.95. The van der Waals surface area contributed by atoms with Gasteiger partial charge in [-0.3, -0.25) is 14.5 Å². The molecule has 1 N–H and O–H groups in total. The summed E-state index contributed by atoms with van der Waals surface area (Å²) in [6, 6.07) is 15.0. The number of ketones is 1. The number of aryl methyl sites for hydroxylation is 1. The van der Waals surface area contributed by atoms with Gasteiger partial charge in [0.15, 0.2) is 16.6 Å². The first-order chi connectivity index (χ1) is 19.2. The number of anilines is 1. The molecule has 0 saturated carbocycles. The van der Waals surface area contributed by atoms with Gasteiger partial charge in [-0.15, -0.1) is 0 Å². The molecule has 1 amide bonds. The van der Waals surface area contributed by atoms with E-state index in [-0.39, 0.29) is 11.1 Å². The summed E-state index contributed by atoms with van der Waals surface area (Å²) in [6.07, 6.45) is 0.861. The summed E-state index contributed by atoms with van der Waals surface area (Å²) in [5, 5.41) is 11.6. The lowest BCUT2D eigenvalue weighted by Gasteiger charge is -2.24. The number of hydrogen-bond acceptors (Lipinski definition) is 7. The molecule has 5 rings (SSSR count). The number of fused-ring (bicyclic) bond motifs is 1. The van der Waals surface area contributed by atoms with Crippen LogP contribution < -0.4 is 14.4 Å². The topological polar surface area (TPSA) is 89.0 Å². The van der Waals surface area contributed by atoms with Crippen molar-refractivity contribution in [3.8, 4) is 11.5 Å². The van der Waals surface area contributed by atoms with E-state index in [0.717, 1.165) is 16.7 Å². The summed E-state index contributed by atoms with van der Waals surface area (Å²) < 4.78 is 26.0. The quantitative estimate of drug-likeness (QED) is 0.145. The molecule has 1 fully saturated rings. The maximum Gasteiger partial charge on any atom is 0.301 e. The minimum absolute atomic E-state index is 0.123. The first-order valence-corrected chi connectivity index (χ1v) is 13.7. The highest BCUT2D eigenvalue weighted by Gasteiger charge is 2.48. The van der Waals surface area contributed by atoms with Crippen molar-refractivity contribution >= 4 is 44.1 Å². The number of amides is 1. The smallest absolute Gasteiger partial charge is 0.301 e. The molecule has 40 heavy (non-hydrogen) atoms. The molecule has 7 nitrogen and oxygen atoms in total. The van der Waals surface area contributed by atoms with Crippen molar-refractivity contribution in [3.05, 3.63) is 88.7 Å². The molecule has 9 heteroatoms. The van der Waals surface area contributed by atoms with Gasteiger partial charge in [-0.2, -0.15) is 0 Å². The normalized spacial score (nSPS) is 16.8. The number of carbonyl (C=O) groups is 2. The Labute approximate surface area is 235 Å². The number of aromatic nitrogens is 1. The highest BCUT2D eigenvalue weighted by Crippen LogP contribution is 2.46. The lowest BCUT2D eigenvalue weighted by Crippen LogP contribution is -2.29. The SMILES string of the molecule is COc1cc(C2/C(=C(\O)c3ccc(F)cc3)C(=O)C(=O)N2c2nc3ccc(C)cc3s2)ccc1OCCC(C)C. The minimum Gasteiger partial charge on any atom is -0.507 e. The molecule has 1 aromatic heterocycles. The molecule has 0 bridgehead atoms. The molecule has 4 aromatic rings. The Morgan fingerprint density at radius 2 is 1.82 bits per heavy atom. The van der Waals surface area contributed by atoms with E-state index in [1.165, 1.54) is 47.6 Å². The van der Waals surface area contributed by atoms with Gasteiger partial charge in [0.1, 0.15) is 11.6 Å².